The number of ether oxygens (including phenoxy) is 1. The molecule has 0 aliphatic rings. The summed E-state index contributed by atoms with van der Waals surface area (Å²) in [4.78, 5) is 4.24. The summed E-state index contributed by atoms with van der Waals surface area (Å²) in [7, 11) is 0. The smallest absolute Gasteiger partial charge is 0.416 e. The van der Waals surface area contributed by atoms with Gasteiger partial charge in [-0.25, -0.2) is 4.98 Å². The largest absolute Gasteiger partial charge is 0.462 e. The van der Waals surface area contributed by atoms with Crippen molar-refractivity contribution in [2.75, 3.05) is 5.88 Å². The Kier molecular flexibility index (Phi) is 7.40. The van der Waals surface area contributed by atoms with Gasteiger partial charge in [0.25, 0.3) is 0 Å². The fraction of sp³-hybridized carbons (Fsp3) is 0.231. The van der Waals surface area contributed by atoms with Gasteiger partial charge in [-0.15, -0.1) is 11.6 Å². The fourth-order valence-corrected chi connectivity index (χ4v) is 4.08. The number of rotatable bonds is 7. The Labute approximate surface area is 210 Å². The second-order valence-electron chi connectivity index (χ2n) is 8.34. The summed E-state index contributed by atoms with van der Waals surface area (Å²) >= 11 is 6.24. The van der Waals surface area contributed by atoms with Gasteiger partial charge in [0.1, 0.15) is 16.8 Å². The van der Waals surface area contributed by atoms with Crippen LogP contribution in [-0.4, -0.2) is 27.9 Å². The molecule has 0 aliphatic heterocycles. The molecule has 4 rings (SSSR count). The van der Waals surface area contributed by atoms with Crippen LogP contribution >= 0.6 is 11.6 Å². The minimum atomic E-state index is -4.54. The number of oxime groups is 1. The predicted molar refractivity (Wildman–Crippen MR) is 131 cm³/mol. The summed E-state index contributed by atoms with van der Waals surface area (Å²) in [5.74, 6) is 0.134. The van der Waals surface area contributed by atoms with Gasteiger partial charge in [0.2, 0.25) is 0 Å². The monoisotopic (exact) mass is 517 g/mol. The van der Waals surface area contributed by atoms with Crippen molar-refractivity contribution in [3.05, 3.63) is 88.8 Å². The second-order valence-corrected chi connectivity index (χ2v) is 8.65. The number of halogens is 4. The average molecular weight is 518 g/mol. The number of amidine groups is 1. The number of benzene rings is 2. The molecule has 2 aromatic heterocycles. The molecule has 1 atom stereocenters. The zero-order chi connectivity index (χ0) is 25.9. The molecule has 10 heteroatoms. The minimum Gasteiger partial charge on any atom is -0.462 e. The maximum Gasteiger partial charge on any atom is 0.416 e. The Morgan fingerprint density at radius 3 is 2.69 bits per heavy atom. The lowest BCUT2D eigenvalue weighted by Gasteiger charge is -2.21. The lowest BCUT2D eigenvalue weighted by molar-refractivity contribution is -0.137. The van der Waals surface area contributed by atoms with Crippen LogP contribution in [0.15, 0.2) is 70.6 Å². The highest BCUT2D eigenvalue weighted by molar-refractivity contribution is 6.18. The Morgan fingerprint density at radius 2 is 2.00 bits per heavy atom. The van der Waals surface area contributed by atoms with Crippen molar-refractivity contribution in [1.82, 2.24) is 10.3 Å². The SMILES string of the molecule is Cc1ccc(C[C@H](CCl)N/C(=N/O)c2c(Oc3cccc(C(F)(F)F)c3)cnc3ccoc23)c(C)c1. The van der Waals surface area contributed by atoms with Gasteiger partial charge < -0.3 is 19.7 Å². The number of hydrogen-bond acceptors (Lipinski definition) is 5. The van der Waals surface area contributed by atoms with Crippen LogP contribution in [0, 0.1) is 13.8 Å². The number of furan rings is 1. The van der Waals surface area contributed by atoms with E-state index < -0.39 is 11.7 Å². The van der Waals surface area contributed by atoms with E-state index in [4.69, 9.17) is 20.8 Å². The first-order chi connectivity index (χ1) is 17.2. The van der Waals surface area contributed by atoms with E-state index in [1.165, 1.54) is 24.6 Å². The van der Waals surface area contributed by atoms with E-state index >= 15 is 0 Å². The first-order valence-electron chi connectivity index (χ1n) is 11.0. The number of nitrogens with one attached hydrogen (secondary N) is 1. The van der Waals surface area contributed by atoms with Crippen LogP contribution in [0.4, 0.5) is 13.2 Å². The summed E-state index contributed by atoms with van der Waals surface area (Å²) in [6.45, 7) is 4.01. The first kappa shape index (κ1) is 25.4. The summed E-state index contributed by atoms with van der Waals surface area (Å²) in [6, 6.07) is 11.8. The van der Waals surface area contributed by atoms with Gasteiger partial charge >= 0.3 is 6.18 Å². The van der Waals surface area contributed by atoms with Crippen LogP contribution in [0.1, 0.15) is 27.8 Å². The normalized spacial score (nSPS) is 13.1. The number of hydrogen-bond donors (Lipinski definition) is 2. The molecule has 188 valence electrons. The van der Waals surface area contributed by atoms with E-state index in [9.17, 15) is 18.4 Å². The van der Waals surface area contributed by atoms with Crippen molar-refractivity contribution in [1.29, 1.82) is 0 Å². The van der Waals surface area contributed by atoms with Gasteiger partial charge in [-0.2, -0.15) is 13.2 Å². The molecule has 0 fully saturated rings. The van der Waals surface area contributed by atoms with Crippen molar-refractivity contribution >= 4 is 28.5 Å². The van der Waals surface area contributed by atoms with Crippen molar-refractivity contribution in [3.8, 4) is 11.5 Å². The average Bonchev–Trinajstić information content (AvgIpc) is 3.32. The molecule has 2 aromatic carbocycles. The molecule has 0 radical (unpaired) electrons. The Balaban J connectivity index is 1.69. The number of aryl methyl sites for hydroxylation is 2. The lowest BCUT2D eigenvalue weighted by Crippen LogP contribution is -2.38. The van der Waals surface area contributed by atoms with Gasteiger partial charge in [-0.1, -0.05) is 35.0 Å². The van der Waals surface area contributed by atoms with Gasteiger partial charge in [0.15, 0.2) is 17.2 Å². The molecule has 0 spiro atoms. The van der Waals surface area contributed by atoms with Crippen LogP contribution in [0.25, 0.3) is 11.1 Å². The van der Waals surface area contributed by atoms with Gasteiger partial charge in [-0.3, -0.25) is 0 Å². The Hall–Kier alpha value is -3.72. The second kappa shape index (κ2) is 10.5. The minimum absolute atomic E-state index is 0.0188. The summed E-state index contributed by atoms with van der Waals surface area (Å²) in [6.07, 6.45) is -1.27. The molecule has 2 heterocycles. The fourth-order valence-electron chi connectivity index (χ4n) is 3.89. The molecule has 0 saturated carbocycles. The number of fused-ring (bicyclic) bond motifs is 1. The van der Waals surface area contributed by atoms with E-state index in [2.05, 4.69) is 21.5 Å². The summed E-state index contributed by atoms with van der Waals surface area (Å²) < 4.78 is 50.9. The molecule has 36 heavy (non-hydrogen) atoms. The third-order valence-corrected chi connectivity index (χ3v) is 6.03. The van der Waals surface area contributed by atoms with Gasteiger partial charge in [0, 0.05) is 18.0 Å². The summed E-state index contributed by atoms with van der Waals surface area (Å²) in [5, 5.41) is 16.5. The maximum atomic E-state index is 13.2. The van der Waals surface area contributed by atoms with Crippen LogP contribution in [0.3, 0.4) is 0 Å². The Bertz CT molecular complexity index is 1400. The molecule has 0 saturated heterocycles. The molecule has 2 N–H and O–H groups in total. The Morgan fingerprint density at radius 1 is 1.19 bits per heavy atom. The van der Waals surface area contributed by atoms with E-state index in [0.717, 1.165) is 28.8 Å². The van der Waals surface area contributed by atoms with Crippen LogP contribution < -0.4 is 10.1 Å². The third-order valence-electron chi connectivity index (χ3n) is 5.66. The maximum absolute atomic E-state index is 13.2. The number of nitrogens with zero attached hydrogens (tertiary/aromatic N) is 2. The van der Waals surface area contributed by atoms with Gasteiger partial charge in [0.05, 0.1) is 18.0 Å². The zero-order valence-electron chi connectivity index (χ0n) is 19.4. The van der Waals surface area contributed by atoms with E-state index in [1.54, 1.807) is 6.07 Å². The van der Waals surface area contributed by atoms with Crippen LogP contribution in [0.5, 0.6) is 11.5 Å². The predicted octanol–water partition coefficient (Wildman–Crippen LogP) is 6.83. The first-order valence-corrected chi connectivity index (χ1v) is 11.6. The molecule has 0 aliphatic carbocycles. The molecular formula is C26H23ClF3N3O3. The third kappa shape index (κ3) is 5.57. The zero-order valence-corrected chi connectivity index (χ0v) is 20.2. The summed E-state index contributed by atoms with van der Waals surface area (Å²) in [5.41, 5.74) is 3.31. The highest BCUT2D eigenvalue weighted by atomic mass is 35.5. The van der Waals surface area contributed by atoms with Crippen molar-refractivity contribution < 1.29 is 27.5 Å². The highest BCUT2D eigenvalue weighted by Gasteiger charge is 2.31. The van der Waals surface area contributed by atoms with Crippen LogP contribution in [-0.2, 0) is 12.6 Å². The topological polar surface area (TPSA) is 79.9 Å². The van der Waals surface area contributed by atoms with Crippen molar-refractivity contribution in [3.63, 3.8) is 0 Å². The van der Waals surface area contributed by atoms with E-state index in [1.807, 2.05) is 26.0 Å². The molecule has 0 amide bonds. The van der Waals surface area contributed by atoms with Gasteiger partial charge in [-0.05, 0) is 49.6 Å². The molecule has 0 bridgehead atoms. The molecular weight excluding hydrogens is 495 g/mol. The lowest BCUT2D eigenvalue weighted by atomic mass is 9.99. The van der Waals surface area contributed by atoms with Crippen molar-refractivity contribution in [2.24, 2.45) is 5.16 Å². The van der Waals surface area contributed by atoms with Crippen molar-refractivity contribution in [2.45, 2.75) is 32.5 Å². The quantitative estimate of drug-likeness (QED) is 0.0923. The highest BCUT2D eigenvalue weighted by Crippen LogP contribution is 2.35. The number of pyridine rings is 1. The number of alkyl halides is 4. The molecule has 4 aromatic rings. The standard InChI is InChI=1S/C26H23ClF3N3O3/c1-15-6-7-17(16(2)10-15)11-19(13-27)32-25(33-34)23-22(14-31-21-8-9-35-24(21)23)36-20-5-3-4-18(12-20)26(28,29)30/h3-10,12,14,19,34H,11,13H2,1-2H3,(H,32,33)/t19-/m1/s1. The van der Waals surface area contributed by atoms with Crippen LogP contribution in [0.2, 0.25) is 0 Å². The molecule has 0 unspecified atom stereocenters. The number of aromatic nitrogens is 1. The van der Waals surface area contributed by atoms with E-state index in [-0.39, 0.29) is 40.4 Å². The van der Waals surface area contributed by atoms with E-state index in [0.29, 0.717) is 11.9 Å². The molecule has 6 nitrogen and oxygen atoms in total.